The molecule has 0 atom stereocenters. The Morgan fingerprint density at radius 3 is 2.27 bits per heavy atom. The van der Waals surface area contributed by atoms with E-state index < -0.39 is 10.1 Å². The van der Waals surface area contributed by atoms with Crippen molar-refractivity contribution in [3.05, 3.63) is 41.5 Å². The van der Waals surface area contributed by atoms with Gasteiger partial charge < -0.3 is 9.29 Å². The minimum atomic E-state index is -4.26. The molecule has 2 N–H and O–H groups in total. The maximum atomic E-state index is 13.2. The summed E-state index contributed by atoms with van der Waals surface area (Å²) in [5, 5.41) is 20.9. The Morgan fingerprint density at radius 2 is 1.58 bits per heavy atom. The number of hydrogen-bond acceptors (Lipinski definition) is 6. The number of H-pyrrole nitrogens is 1. The summed E-state index contributed by atoms with van der Waals surface area (Å²) in [7, 11) is -4.26. The SMILES string of the molecule is CCCCCCCCCCCCc1c(C)ccc(O)c1S(=O)(=O)Oc1cccc2n[nH]nc12. The number of para-hydroxylation sites is 1. The Hall–Kier alpha value is -2.61. The lowest BCUT2D eigenvalue weighted by Gasteiger charge is -2.15. The van der Waals surface area contributed by atoms with E-state index in [1.54, 1.807) is 18.2 Å². The van der Waals surface area contributed by atoms with Crippen molar-refractivity contribution in [2.24, 2.45) is 0 Å². The molecule has 1 aromatic heterocycles. The third-order valence-electron chi connectivity index (χ3n) is 6.01. The van der Waals surface area contributed by atoms with Gasteiger partial charge in [0, 0.05) is 0 Å². The van der Waals surface area contributed by atoms with Crippen molar-refractivity contribution >= 4 is 21.2 Å². The van der Waals surface area contributed by atoms with Crippen LogP contribution in [0.2, 0.25) is 0 Å². The molecule has 0 amide bonds. The van der Waals surface area contributed by atoms with Crippen LogP contribution in [0.4, 0.5) is 0 Å². The third kappa shape index (κ3) is 6.69. The molecule has 0 saturated heterocycles. The normalized spacial score (nSPS) is 11.8. The maximum Gasteiger partial charge on any atom is 0.343 e. The highest BCUT2D eigenvalue weighted by molar-refractivity contribution is 7.87. The summed E-state index contributed by atoms with van der Waals surface area (Å²) >= 11 is 0. The molecule has 8 heteroatoms. The first-order valence-corrected chi connectivity index (χ1v) is 13.4. The third-order valence-corrected chi connectivity index (χ3v) is 7.37. The number of fused-ring (bicyclic) bond motifs is 1. The van der Waals surface area contributed by atoms with Gasteiger partial charge in [-0.2, -0.15) is 23.8 Å². The van der Waals surface area contributed by atoms with Crippen molar-refractivity contribution < 1.29 is 17.7 Å². The molecular formula is C25H35N3O4S. The fourth-order valence-corrected chi connectivity index (χ4v) is 5.51. The van der Waals surface area contributed by atoms with E-state index in [0.717, 1.165) is 24.8 Å². The van der Waals surface area contributed by atoms with Crippen molar-refractivity contribution in [2.75, 3.05) is 0 Å². The quantitative estimate of drug-likeness (QED) is 0.213. The van der Waals surface area contributed by atoms with Gasteiger partial charge in [0.1, 0.15) is 11.3 Å². The van der Waals surface area contributed by atoms with E-state index in [1.807, 2.05) is 6.92 Å². The molecule has 180 valence electrons. The summed E-state index contributed by atoms with van der Waals surface area (Å²) in [4.78, 5) is -0.154. The van der Waals surface area contributed by atoms with Gasteiger partial charge in [0.05, 0.1) is 0 Å². The number of phenols is 1. The molecule has 7 nitrogen and oxygen atoms in total. The molecule has 0 fully saturated rings. The zero-order chi connectivity index (χ0) is 23.7. The van der Waals surface area contributed by atoms with E-state index in [9.17, 15) is 13.5 Å². The van der Waals surface area contributed by atoms with Gasteiger partial charge in [0.2, 0.25) is 0 Å². The molecule has 33 heavy (non-hydrogen) atoms. The zero-order valence-electron chi connectivity index (χ0n) is 19.6. The number of aromatic hydroxyl groups is 1. The van der Waals surface area contributed by atoms with Crippen molar-refractivity contribution in [3.8, 4) is 11.5 Å². The van der Waals surface area contributed by atoms with Crippen molar-refractivity contribution in [3.63, 3.8) is 0 Å². The number of aromatic nitrogens is 3. The van der Waals surface area contributed by atoms with Crippen molar-refractivity contribution in [1.29, 1.82) is 0 Å². The van der Waals surface area contributed by atoms with Crippen molar-refractivity contribution in [2.45, 2.75) is 89.4 Å². The van der Waals surface area contributed by atoms with Gasteiger partial charge in [-0.3, -0.25) is 0 Å². The second kappa shape index (κ2) is 12.0. The summed E-state index contributed by atoms with van der Waals surface area (Å²) < 4.78 is 31.8. The number of aryl methyl sites for hydroxylation is 1. The highest BCUT2D eigenvalue weighted by Gasteiger charge is 2.27. The van der Waals surface area contributed by atoms with Crippen LogP contribution in [-0.2, 0) is 16.5 Å². The highest BCUT2D eigenvalue weighted by Crippen LogP contribution is 2.34. The lowest BCUT2D eigenvalue weighted by Crippen LogP contribution is -2.14. The fourth-order valence-electron chi connectivity index (χ4n) is 4.16. The van der Waals surface area contributed by atoms with E-state index in [1.165, 1.54) is 57.1 Å². The number of benzene rings is 2. The number of nitrogens with one attached hydrogen (secondary N) is 1. The number of aromatic amines is 1. The summed E-state index contributed by atoms with van der Waals surface area (Å²) in [5.41, 5.74) is 2.26. The van der Waals surface area contributed by atoms with Crippen LogP contribution in [0.5, 0.6) is 11.5 Å². The maximum absolute atomic E-state index is 13.2. The summed E-state index contributed by atoms with van der Waals surface area (Å²) in [6, 6.07) is 8.04. The summed E-state index contributed by atoms with van der Waals surface area (Å²) in [6.07, 6.45) is 12.6. The molecule has 3 aromatic rings. The van der Waals surface area contributed by atoms with E-state index in [2.05, 4.69) is 22.3 Å². The molecule has 0 radical (unpaired) electrons. The lowest BCUT2D eigenvalue weighted by atomic mass is 10.0. The Balaban J connectivity index is 1.63. The molecule has 1 heterocycles. The molecule has 0 aliphatic carbocycles. The number of phenolic OH excluding ortho intramolecular Hbond substituents is 1. The van der Waals surface area contributed by atoms with E-state index >= 15 is 0 Å². The van der Waals surface area contributed by atoms with Gasteiger partial charge in [0.15, 0.2) is 16.2 Å². The standard InChI is InChI=1S/C25H35N3O4S/c1-3-4-5-6-7-8-9-10-11-12-14-20-19(2)17-18-22(29)25(20)33(30,31)32-23-16-13-15-21-24(23)27-28-26-21/h13,15-18,29H,3-12,14H2,1-2H3,(H,26,27,28). The monoisotopic (exact) mass is 473 g/mol. The van der Waals surface area contributed by atoms with Crippen LogP contribution in [0.1, 0.15) is 82.3 Å². The van der Waals surface area contributed by atoms with E-state index in [4.69, 9.17) is 4.18 Å². The Morgan fingerprint density at radius 1 is 0.909 bits per heavy atom. The molecule has 0 saturated carbocycles. The first kappa shape index (κ1) is 25.0. The predicted octanol–water partition coefficient (Wildman–Crippen LogP) is 6.20. The largest absolute Gasteiger partial charge is 0.506 e. The molecule has 0 aliphatic heterocycles. The minimum Gasteiger partial charge on any atom is -0.506 e. The molecule has 0 aliphatic rings. The van der Waals surface area contributed by atoms with Crippen LogP contribution in [0.3, 0.4) is 0 Å². The van der Waals surface area contributed by atoms with Crippen LogP contribution in [0.15, 0.2) is 35.2 Å². The van der Waals surface area contributed by atoms with Crippen molar-refractivity contribution in [1.82, 2.24) is 15.4 Å². The number of nitrogens with zero attached hydrogens (tertiary/aromatic N) is 2. The second-order valence-corrected chi connectivity index (χ2v) is 10.1. The topological polar surface area (TPSA) is 105 Å². The summed E-state index contributed by atoms with van der Waals surface area (Å²) in [6.45, 7) is 4.09. The molecule has 0 bridgehead atoms. The van der Waals surface area contributed by atoms with Gasteiger partial charge in [-0.25, -0.2) is 0 Å². The first-order chi connectivity index (χ1) is 15.9. The van der Waals surface area contributed by atoms with E-state index in [0.29, 0.717) is 23.0 Å². The first-order valence-electron chi connectivity index (χ1n) is 12.0. The van der Waals surface area contributed by atoms with Gasteiger partial charge >= 0.3 is 10.1 Å². The second-order valence-electron chi connectivity index (χ2n) is 8.63. The summed E-state index contributed by atoms with van der Waals surface area (Å²) in [5.74, 6) is -0.220. The van der Waals surface area contributed by atoms with E-state index in [-0.39, 0.29) is 16.4 Å². The highest BCUT2D eigenvalue weighted by atomic mass is 32.2. The van der Waals surface area contributed by atoms with Crippen LogP contribution in [-0.4, -0.2) is 28.9 Å². The number of unbranched alkanes of at least 4 members (excludes halogenated alkanes) is 9. The van der Waals surface area contributed by atoms with Gasteiger partial charge in [-0.1, -0.05) is 76.8 Å². The average Bonchev–Trinajstić information content (AvgIpc) is 3.27. The minimum absolute atomic E-state index is 0.0760. The fraction of sp³-hybridized carbons (Fsp3) is 0.520. The van der Waals surface area contributed by atoms with Crippen LogP contribution >= 0.6 is 0 Å². The molecule has 2 aromatic carbocycles. The smallest absolute Gasteiger partial charge is 0.343 e. The predicted molar refractivity (Wildman–Crippen MR) is 130 cm³/mol. The molecule has 0 unspecified atom stereocenters. The molecular weight excluding hydrogens is 438 g/mol. The number of hydrogen-bond donors (Lipinski definition) is 2. The zero-order valence-corrected chi connectivity index (χ0v) is 20.5. The Kier molecular flexibility index (Phi) is 9.11. The Bertz CT molecular complexity index is 1140. The molecule has 3 rings (SSSR count). The van der Waals surface area contributed by atoms with Crippen LogP contribution in [0.25, 0.3) is 11.0 Å². The van der Waals surface area contributed by atoms with Gasteiger partial charge in [-0.15, -0.1) is 0 Å². The average molecular weight is 474 g/mol. The van der Waals surface area contributed by atoms with Crippen LogP contribution in [0, 0.1) is 6.92 Å². The lowest BCUT2D eigenvalue weighted by molar-refractivity contribution is 0.442. The Labute approximate surface area is 196 Å². The van der Waals surface area contributed by atoms with Gasteiger partial charge in [0.25, 0.3) is 0 Å². The molecule has 0 spiro atoms. The van der Waals surface area contributed by atoms with Crippen LogP contribution < -0.4 is 4.18 Å². The van der Waals surface area contributed by atoms with Gasteiger partial charge in [-0.05, 0) is 49.1 Å². The number of rotatable bonds is 14.